The van der Waals surface area contributed by atoms with Crippen molar-refractivity contribution in [1.29, 1.82) is 0 Å². The molecule has 3 aromatic rings. The number of aliphatic hydroxyl groups is 1. The van der Waals surface area contributed by atoms with Crippen molar-refractivity contribution in [3.63, 3.8) is 0 Å². The van der Waals surface area contributed by atoms with Gasteiger partial charge in [-0.1, -0.05) is 11.6 Å². The maximum Gasteiger partial charge on any atom is 0.244 e. The van der Waals surface area contributed by atoms with Crippen LogP contribution in [0.4, 0.5) is 0 Å². The highest BCUT2D eigenvalue weighted by molar-refractivity contribution is 7.89. The zero-order chi connectivity index (χ0) is 19.1. The van der Waals surface area contributed by atoms with Crippen LogP contribution in [-0.4, -0.2) is 51.1 Å². The molecule has 0 radical (unpaired) electrons. The number of hydrogen-bond donors (Lipinski definition) is 1. The molecule has 27 heavy (non-hydrogen) atoms. The Morgan fingerprint density at radius 2 is 1.96 bits per heavy atom. The van der Waals surface area contributed by atoms with Crippen LogP contribution in [0, 0.1) is 0 Å². The molecule has 0 bridgehead atoms. The fourth-order valence-corrected chi connectivity index (χ4v) is 5.01. The van der Waals surface area contributed by atoms with Crippen molar-refractivity contribution in [3.8, 4) is 0 Å². The number of aromatic nitrogens is 3. The molecular weight excluding hydrogens is 388 g/mol. The standard InChI is InChI=1S/C18H19ClN4O3S/c19-17-4-3-16-15(21-17)5-9-22(16)13-18(24)6-10-23(11-7-18)27(25,26)14-2-1-8-20-12-14/h1-5,8-9,12,24H,6-7,10-11,13H2. The third-order valence-electron chi connectivity index (χ3n) is 4.98. The number of halogens is 1. The van der Waals surface area contributed by atoms with Gasteiger partial charge in [0.1, 0.15) is 10.0 Å². The normalized spacial score (nSPS) is 18.0. The first-order chi connectivity index (χ1) is 12.9. The van der Waals surface area contributed by atoms with Crippen LogP contribution in [0.5, 0.6) is 0 Å². The van der Waals surface area contributed by atoms with Crippen molar-refractivity contribution in [1.82, 2.24) is 18.8 Å². The molecule has 0 aromatic carbocycles. The molecule has 0 unspecified atom stereocenters. The van der Waals surface area contributed by atoms with E-state index in [-0.39, 0.29) is 18.0 Å². The smallest absolute Gasteiger partial charge is 0.244 e. The molecule has 0 amide bonds. The van der Waals surface area contributed by atoms with Crippen molar-refractivity contribution in [2.75, 3.05) is 13.1 Å². The molecule has 0 saturated carbocycles. The van der Waals surface area contributed by atoms with E-state index in [1.807, 2.05) is 22.9 Å². The molecule has 9 heteroatoms. The summed E-state index contributed by atoms with van der Waals surface area (Å²) < 4.78 is 28.7. The third-order valence-corrected chi connectivity index (χ3v) is 7.07. The van der Waals surface area contributed by atoms with Gasteiger partial charge in [-0.15, -0.1) is 0 Å². The second-order valence-corrected chi connectivity index (χ2v) is 9.12. The average Bonchev–Trinajstić information content (AvgIpc) is 3.04. The van der Waals surface area contributed by atoms with E-state index >= 15 is 0 Å². The van der Waals surface area contributed by atoms with Crippen LogP contribution in [0.25, 0.3) is 11.0 Å². The summed E-state index contributed by atoms with van der Waals surface area (Å²) in [6.45, 7) is 0.897. The van der Waals surface area contributed by atoms with Crippen LogP contribution in [0.3, 0.4) is 0 Å². The summed E-state index contributed by atoms with van der Waals surface area (Å²) in [5, 5.41) is 11.4. The van der Waals surface area contributed by atoms with Crippen molar-refractivity contribution >= 4 is 32.7 Å². The van der Waals surface area contributed by atoms with E-state index in [0.29, 0.717) is 24.5 Å². The summed E-state index contributed by atoms with van der Waals surface area (Å²) in [5.74, 6) is 0. The Balaban J connectivity index is 1.49. The summed E-state index contributed by atoms with van der Waals surface area (Å²) >= 11 is 5.92. The second-order valence-electron chi connectivity index (χ2n) is 6.80. The molecule has 1 aliphatic rings. The van der Waals surface area contributed by atoms with E-state index in [1.165, 1.54) is 22.8 Å². The van der Waals surface area contributed by atoms with Crippen LogP contribution in [0.2, 0.25) is 5.15 Å². The SMILES string of the molecule is O=S(=O)(c1cccnc1)N1CCC(O)(Cn2ccc3nc(Cl)ccc32)CC1. The predicted molar refractivity (Wildman–Crippen MR) is 102 cm³/mol. The number of hydrogen-bond acceptors (Lipinski definition) is 5. The number of piperidine rings is 1. The minimum Gasteiger partial charge on any atom is -0.388 e. The largest absolute Gasteiger partial charge is 0.388 e. The number of pyridine rings is 2. The molecule has 1 fully saturated rings. The summed E-state index contributed by atoms with van der Waals surface area (Å²) in [4.78, 5) is 8.32. The number of rotatable bonds is 4. The monoisotopic (exact) mass is 406 g/mol. The van der Waals surface area contributed by atoms with Gasteiger partial charge >= 0.3 is 0 Å². The second kappa shape index (κ2) is 6.87. The summed E-state index contributed by atoms with van der Waals surface area (Å²) in [5.41, 5.74) is 0.674. The molecule has 0 aliphatic carbocycles. The highest BCUT2D eigenvalue weighted by Crippen LogP contribution is 2.29. The van der Waals surface area contributed by atoms with Gasteiger partial charge in [0.25, 0.3) is 0 Å². The minimum absolute atomic E-state index is 0.176. The molecule has 0 spiro atoms. The molecular formula is C18H19ClN4O3S. The lowest BCUT2D eigenvalue weighted by Crippen LogP contribution is -2.48. The third kappa shape index (κ3) is 3.58. The lowest BCUT2D eigenvalue weighted by Gasteiger charge is -2.37. The highest BCUT2D eigenvalue weighted by Gasteiger charge is 2.37. The Morgan fingerprint density at radius 3 is 2.67 bits per heavy atom. The van der Waals surface area contributed by atoms with Crippen molar-refractivity contribution in [2.24, 2.45) is 0 Å². The molecule has 1 saturated heterocycles. The first kappa shape index (κ1) is 18.4. The van der Waals surface area contributed by atoms with Crippen LogP contribution in [-0.2, 0) is 16.6 Å². The first-order valence-electron chi connectivity index (χ1n) is 8.61. The number of sulfonamides is 1. The van der Waals surface area contributed by atoms with E-state index in [9.17, 15) is 13.5 Å². The van der Waals surface area contributed by atoms with Crippen LogP contribution in [0.1, 0.15) is 12.8 Å². The Kier molecular flexibility index (Phi) is 4.67. The van der Waals surface area contributed by atoms with Gasteiger partial charge in [-0.3, -0.25) is 4.98 Å². The topological polar surface area (TPSA) is 88.3 Å². The van der Waals surface area contributed by atoms with Gasteiger partial charge in [0.05, 0.1) is 23.2 Å². The summed E-state index contributed by atoms with van der Waals surface area (Å²) in [7, 11) is -3.59. The fraction of sp³-hybridized carbons (Fsp3) is 0.333. The molecule has 0 atom stereocenters. The molecule has 142 valence electrons. The maximum atomic E-state index is 12.7. The Hall–Kier alpha value is -2.00. The van der Waals surface area contributed by atoms with Crippen LogP contribution < -0.4 is 0 Å². The fourth-order valence-electron chi connectivity index (χ4n) is 3.45. The molecule has 1 N–H and O–H groups in total. The molecule has 4 rings (SSSR count). The van der Waals surface area contributed by atoms with E-state index in [0.717, 1.165) is 11.0 Å². The highest BCUT2D eigenvalue weighted by atomic mass is 35.5. The zero-order valence-corrected chi connectivity index (χ0v) is 16.1. The Morgan fingerprint density at radius 1 is 1.19 bits per heavy atom. The van der Waals surface area contributed by atoms with E-state index in [2.05, 4.69) is 9.97 Å². The van der Waals surface area contributed by atoms with Crippen LogP contribution in [0.15, 0.2) is 53.8 Å². The van der Waals surface area contributed by atoms with Gasteiger partial charge < -0.3 is 9.67 Å². The minimum atomic E-state index is -3.59. The Bertz CT molecular complexity index is 1060. The quantitative estimate of drug-likeness (QED) is 0.671. The van der Waals surface area contributed by atoms with E-state index in [4.69, 9.17) is 11.6 Å². The van der Waals surface area contributed by atoms with Crippen molar-refractivity contribution < 1.29 is 13.5 Å². The number of nitrogens with zero attached hydrogens (tertiary/aromatic N) is 4. The molecule has 3 aromatic heterocycles. The number of fused-ring (bicyclic) bond motifs is 1. The molecule has 1 aliphatic heterocycles. The lowest BCUT2D eigenvalue weighted by molar-refractivity contribution is -0.0185. The average molecular weight is 407 g/mol. The lowest BCUT2D eigenvalue weighted by atomic mass is 9.92. The Labute approximate surface area is 162 Å². The maximum absolute atomic E-state index is 12.7. The van der Waals surface area contributed by atoms with Gasteiger partial charge in [-0.2, -0.15) is 4.31 Å². The predicted octanol–water partition coefficient (Wildman–Crippen LogP) is 2.30. The first-order valence-corrected chi connectivity index (χ1v) is 10.4. The molecule has 4 heterocycles. The van der Waals surface area contributed by atoms with Gasteiger partial charge in [0.15, 0.2) is 0 Å². The van der Waals surface area contributed by atoms with Gasteiger partial charge in [-0.25, -0.2) is 13.4 Å². The van der Waals surface area contributed by atoms with Crippen molar-refractivity contribution in [2.45, 2.75) is 29.9 Å². The van der Waals surface area contributed by atoms with E-state index in [1.54, 1.807) is 12.1 Å². The van der Waals surface area contributed by atoms with Gasteiger partial charge in [0, 0.05) is 31.7 Å². The van der Waals surface area contributed by atoms with Gasteiger partial charge in [-0.05, 0) is 43.2 Å². The molecule has 7 nitrogen and oxygen atoms in total. The summed E-state index contributed by atoms with van der Waals surface area (Å²) in [6, 6.07) is 8.58. The zero-order valence-electron chi connectivity index (χ0n) is 14.5. The van der Waals surface area contributed by atoms with Gasteiger partial charge in [0.2, 0.25) is 10.0 Å². The summed E-state index contributed by atoms with van der Waals surface area (Å²) in [6.07, 6.45) is 5.46. The van der Waals surface area contributed by atoms with Crippen molar-refractivity contribution in [3.05, 3.63) is 54.1 Å². The van der Waals surface area contributed by atoms with Crippen LogP contribution >= 0.6 is 11.6 Å². The van der Waals surface area contributed by atoms with E-state index < -0.39 is 15.6 Å².